The molecule has 0 bridgehead atoms. The van der Waals surface area contributed by atoms with Crippen LogP contribution in [0, 0.1) is 0 Å². The minimum Gasteiger partial charge on any atom is -0.490 e. The first-order chi connectivity index (χ1) is 9.77. The molecule has 6 nitrogen and oxygen atoms in total. The number of likely N-dealkylation sites (N-methyl/N-ethyl adjacent to an activating group) is 1. The highest BCUT2D eigenvalue weighted by Crippen LogP contribution is 2.27. The smallest absolute Gasteiger partial charge is 0.244 e. The van der Waals surface area contributed by atoms with Crippen molar-refractivity contribution in [1.82, 2.24) is 15.6 Å². The number of anilines is 1. The maximum atomic E-state index is 12.2. The van der Waals surface area contributed by atoms with E-state index in [-0.39, 0.29) is 11.9 Å². The van der Waals surface area contributed by atoms with E-state index in [1.54, 1.807) is 6.20 Å². The number of carbonyl (C=O) groups is 1. The van der Waals surface area contributed by atoms with Crippen LogP contribution in [0.5, 0.6) is 5.75 Å². The van der Waals surface area contributed by atoms with Crippen LogP contribution in [0.25, 0.3) is 0 Å². The zero-order chi connectivity index (χ0) is 14.4. The molecule has 1 atom stereocenters. The number of piperazine rings is 1. The normalized spacial score (nSPS) is 18.7. The lowest BCUT2D eigenvalue weighted by Crippen LogP contribution is -2.58. The highest BCUT2D eigenvalue weighted by atomic mass is 16.5. The fourth-order valence-corrected chi connectivity index (χ4v) is 2.35. The monoisotopic (exact) mass is 278 g/mol. The number of aromatic nitrogens is 1. The van der Waals surface area contributed by atoms with E-state index in [1.165, 1.54) is 0 Å². The van der Waals surface area contributed by atoms with E-state index >= 15 is 0 Å². The van der Waals surface area contributed by atoms with Gasteiger partial charge in [-0.1, -0.05) is 0 Å². The van der Waals surface area contributed by atoms with Gasteiger partial charge in [0.2, 0.25) is 5.91 Å². The summed E-state index contributed by atoms with van der Waals surface area (Å²) in [6, 6.07) is 3.48. The number of hydrogen-bond donors (Lipinski definition) is 2. The molecule has 110 valence electrons. The van der Waals surface area contributed by atoms with E-state index in [9.17, 15) is 4.79 Å². The number of nitrogens with one attached hydrogen (secondary N) is 2. The maximum absolute atomic E-state index is 12.2. The molecule has 1 amide bonds. The van der Waals surface area contributed by atoms with Crippen molar-refractivity contribution in [2.75, 3.05) is 37.7 Å². The SMILES string of the molecule is CCNC(=O)C1CNCCN1c1ncccc1OCC. The van der Waals surface area contributed by atoms with Gasteiger partial charge in [0, 0.05) is 32.4 Å². The number of carbonyl (C=O) groups excluding carboxylic acids is 1. The van der Waals surface area contributed by atoms with Crippen LogP contribution in [0.4, 0.5) is 5.82 Å². The van der Waals surface area contributed by atoms with Crippen LogP contribution in [0.15, 0.2) is 18.3 Å². The fraction of sp³-hybridized carbons (Fsp3) is 0.571. The molecule has 1 unspecified atom stereocenters. The average molecular weight is 278 g/mol. The van der Waals surface area contributed by atoms with E-state index in [0.717, 1.165) is 24.7 Å². The third-order valence-corrected chi connectivity index (χ3v) is 3.22. The van der Waals surface area contributed by atoms with E-state index in [0.29, 0.717) is 19.7 Å². The first-order valence-electron chi connectivity index (χ1n) is 7.10. The first-order valence-corrected chi connectivity index (χ1v) is 7.10. The predicted molar refractivity (Wildman–Crippen MR) is 78.1 cm³/mol. The molecular weight excluding hydrogens is 256 g/mol. The number of pyridine rings is 1. The summed E-state index contributed by atoms with van der Waals surface area (Å²) < 4.78 is 5.62. The van der Waals surface area contributed by atoms with Crippen LogP contribution in [0.1, 0.15) is 13.8 Å². The van der Waals surface area contributed by atoms with Gasteiger partial charge in [-0.3, -0.25) is 4.79 Å². The summed E-state index contributed by atoms with van der Waals surface area (Å²) in [5.41, 5.74) is 0. The molecule has 1 aliphatic heterocycles. The molecule has 0 saturated carbocycles. The van der Waals surface area contributed by atoms with Gasteiger partial charge in [0.05, 0.1) is 6.61 Å². The third kappa shape index (κ3) is 3.19. The molecule has 0 aliphatic carbocycles. The molecule has 1 aromatic heterocycles. The number of ether oxygens (including phenoxy) is 1. The zero-order valence-corrected chi connectivity index (χ0v) is 12.1. The highest BCUT2D eigenvalue weighted by molar-refractivity contribution is 5.86. The number of nitrogens with zero attached hydrogens (tertiary/aromatic N) is 2. The summed E-state index contributed by atoms with van der Waals surface area (Å²) >= 11 is 0. The minimum atomic E-state index is -0.252. The van der Waals surface area contributed by atoms with Crippen molar-refractivity contribution in [3.8, 4) is 5.75 Å². The van der Waals surface area contributed by atoms with Crippen molar-refractivity contribution in [3.05, 3.63) is 18.3 Å². The van der Waals surface area contributed by atoms with Gasteiger partial charge in [-0.15, -0.1) is 0 Å². The molecule has 0 aromatic carbocycles. The summed E-state index contributed by atoms with van der Waals surface area (Å²) in [5.74, 6) is 1.49. The van der Waals surface area contributed by atoms with Gasteiger partial charge in [-0.25, -0.2) is 4.98 Å². The van der Waals surface area contributed by atoms with Crippen molar-refractivity contribution in [2.45, 2.75) is 19.9 Å². The quantitative estimate of drug-likeness (QED) is 0.816. The van der Waals surface area contributed by atoms with Gasteiger partial charge >= 0.3 is 0 Å². The summed E-state index contributed by atoms with van der Waals surface area (Å²) in [4.78, 5) is 18.6. The minimum absolute atomic E-state index is 0.0211. The van der Waals surface area contributed by atoms with Gasteiger partial charge in [0.15, 0.2) is 11.6 Å². The van der Waals surface area contributed by atoms with Crippen LogP contribution < -0.4 is 20.3 Å². The van der Waals surface area contributed by atoms with E-state index in [1.807, 2.05) is 30.9 Å². The molecule has 1 saturated heterocycles. The van der Waals surface area contributed by atoms with Crippen molar-refractivity contribution in [2.24, 2.45) is 0 Å². The Labute approximate surface area is 119 Å². The van der Waals surface area contributed by atoms with Crippen molar-refractivity contribution in [3.63, 3.8) is 0 Å². The molecule has 2 N–H and O–H groups in total. The van der Waals surface area contributed by atoms with Gasteiger partial charge in [-0.05, 0) is 26.0 Å². The molecule has 20 heavy (non-hydrogen) atoms. The Hall–Kier alpha value is -1.82. The Morgan fingerprint density at radius 3 is 3.20 bits per heavy atom. The van der Waals surface area contributed by atoms with Gasteiger partial charge in [0.1, 0.15) is 6.04 Å². The molecule has 1 aliphatic rings. The molecule has 6 heteroatoms. The second-order valence-corrected chi connectivity index (χ2v) is 4.57. The van der Waals surface area contributed by atoms with E-state index in [4.69, 9.17) is 4.74 Å². The number of rotatable bonds is 5. The van der Waals surface area contributed by atoms with Crippen LogP contribution >= 0.6 is 0 Å². The molecule has 0 radical (unpaired) electrons. The standard InChI is InChI=1S/C14H22N4O2/c1-3-16-14(19)11-10-15-8-9-18(11)13-12(20-4-2)6-5-7-17-13/h5-7,11,15H,3-4,8-10H2,1-2H3,(H,16,19). The van der Waals surface area contributed by atoms with Crippen molar-refractivity contribution >= 4 is 11.7 Å². The number of hydrogen-bond acceptors (Lipinski definition) is 5. The van der Waals surface area contributed by atoms with Gasteiger partial charge in [-0.2, -0.15) is 0 Å². The Balaban J connectivity index is 2.25. The van der Waals surface area contributed by atoms with E-state index < -0.39 is 0 Å². The fourth-order valence-electron chi connectivity index (χ4n) is 2.35. The van der Waals surface area contributed by atoms with Crippen LogP contribution in [0.2, 0.25) is 0 Å². The predicted octanol–water partition coefficient (Wildman–Crippen LogP) is 0.395. The Morgan fingerprint density at radius 1 is 1.60 bits per heavy atom. The highest BCUT2D eigenvalue weighted by Gasteiger charge is 2.30. The Kier molecular flexibility index (Phi) is 5.17. The lowest BCUT2D eigenvalue weighted by Gasteiger charge is -2.36. The summed E-state index contributed by atoms with van der Waals surface area (Å²) in [7, 11) is 0. The molecule has 1 aromatic rings. The maximum Gasteiger partial charge on any atom is 0.244 e. The summed E-state index contributed by atoms with van der Waals surface area (Å²) in [6.07, 6.45) is 1.73. The third-order valence-electron chi connectivity index (χ3n) is 3.22. The summed E-state index contributed by atoms with van der Waals surface area (Å²) in [6.45, 7) is 7.26. The van der Waals surface area contributed by atoms with Crippen molar-refractivity contribution < 1.29 is 9.53 Å². The second-order valence-electron chi connectivity index (χ2n) is 4.57. The number of amides is 1. The Morgan fingerprint density at radius 2 is 2.45 bits per heavy atom. The van der Waals surface area contributed by atoms with Gasteiger partial charge in [0.25, 0.3) is 0 Å². The Bertz CT molecular complexity index is 453. The summed E-state index contributed by atoms with van der Waals surface area (Å²) in [5, 5.41) is 6.13. The topological polar surface area (TPSA) is 66.5 Å². The van der Waals surface area contributed by atoms with Crippen LogP contribution in [0.3, 0.4) is 0 Å². The molecule has 2 heterocycles. The first kappa shape index (κ1) is 14.6. The zero-order valence-electron chi connectivity index (χ0n) is 12.1. The van der Waals surface area contributed by atoms with Crippen LogP contribution in [-0.2, 0) is 4.79 Å². The average Bonchev–Trinajstić information content (AvgIpc) is 2.48. The molecule has 1 fully saturated rings. The van der Waals surface area contributed by atoms with E-state index in [2.05, 4.69) is 15.6 Å². The largest absolute Gasteiger partial charge is 0.490 e. The van der Waals surface area contributed by atoms with Crippen LogP contribution in [-0.4, -0.2) is 49.7 Å². The van der Waals surface area contributed by atoms with Gasteiger partial charge < -0.3 is 20.3 Å². The lowest BCUT2D eigenvalue weighted by molar-refractivity contribution is -0.122. The second kappa shape index (κ2) is 7.09. The van der Waals surface area contributed by atoms with Crippen molar-refractivity contribution in [1.29, 1.82) is 0 Å². The molecule has 2 rings (SSSR count). The molecule has 0 spiro atoms. The molecular formula is C14H22N4O2. The lowest BCUT2D eigenvalue weighted by atomic mass is 10.1.